The molecule has 0 aromatic heterocycles. The van der Waals surface area contributed by atoms with Gasteiger partial charge < -0.3 is 20.2 Å². The monoisotopic (exact) mass is 217 g/mol. The zero-order chi connectivity index (χ0) is 11.3. The van der Waals surface area contributed by atoms with E-state index in [-0.39, 0.29) is 13.0 Å². The van der Waals surface area contributed by atoms with E-state index < -0.39 is 12.1 Å². The molecule has 5 heteroatoms. The Bertz CT molecular complexity index is 210. The molecule has 0 radical (unpaired) electrons. The predicted octanol–water partition coefficient (Wildman–Crippen LogP) is -0.474. The van der Waals surface area contributed by atoms with Crippen molar-refractivity contribution in [3.63, 3.8) is 0 Å². The quantitative estimate of drug-likeness (QED) is 0.560. The molecule has 5 nitrogen and oxygen atoms in total. The van der Waals surface area contributed by atoms with E-state index in [1.165, 1.54) is 0 Å². The molecule has 1 aliphatic heterocycles. The van der Waals surface area contributed by atoms with Crippen molar-refractivity contribution in [1.29, 1.82) is 0 Å². The molecule has 0 saturated carbocycles. The minimum absolute atomic E-state index is 0.212. The first-order chi connectivity index (χ1) is 7.11. The normalized spacial score (nSPS) is 24.3. The zero-order valence-corrected chi connectivity index (χ0v) is 8.80. The van der Waals surface area contributed by atoms with E-state index in [1.54, 1.807) is 0 Å². The Morgan fingerprint density at radius 1 is 1.53 bits per heavy atom. The highest BCUT2D eigenvalue weighted by atomic mass is 16.4. The lowest BCUT2D eigenvalue weighted by atomic mass is 10.0. The first kappa shape index (κ1) is 12.4. The second-order valence-corrected chi connectivity index (χ2v) is 4.18. The molecule has 15 heavy (non-hydrogen) atoms. The van der Waals surface area contributed by atoms with Crippen molar-refractivity contribution in [2.24, 2.45) is 5.92 Å². The number of rotatable bonds is 6. The average molecular weight is 217 g/mol. The van der Waals surface area contributed by atoms with E-state index in [2.05, 4.69) is 4.90 Å². The number of hydrogen-bond donors (Lipinski definition) is 3. The molecule has 88 valence electrons. The Kier molecular flexibility index (Phi) is 5.01. The third-order valence-corrected chi connectivity index (χ3v) is 2.82. The molecule has 1 rings (SSSR count). The molecule has 1 fully saturated rings. The maximum Gasteiger partial charge on any atom is 0.303 e. The molecule has 0 aliphatic carbocycles. The highest BCUT2D eigenvalue weighted by molar-refractivity contribution is 5.66. The van der Waals surface area contributed by atoms with E-state index in [9.17, 15) is 9.90 Å². The van der Waals surface area contributed by atoms with E-state index >= 15 is 0 Å². The van der Waals surface area contributed by atoms with Crippen LogP contribution in [0.25, 0.3) is 0 Å². The fourth-order valence-corrected chi connectivity index (χ4v) is 2.00. The van der Waals surface area contributed by atoms with Crippen LogP contribution in [0.3, 0.4) is 0 Å². The molecular weight excluding hydrogens is 198 g/mol. The largest absolute Gasteiger partial charge is 0.481 e. The van der Waals surface area contributed by atoms with Crippen LogP contribution >= 0.6 is 0 Å². The highest BCUT2D eigenvalue weighted by Gasteiger charge is 2.24. The molecule has 0 amide bonds. The van der Waals surface area contributed by atoms with Crippen LogP contribution in [-0.2, 0) is 4.79 Å². The van der Waals surface area contributed by atoms with Gasteiger partial charge in [-0.1, -0.05) is 0 Å². The summed E-state index contributed by atoms with van der Waals surface area (Å²) >= 11 is 0. The summed E-state index contributed by atoms with van der Waals surface area (Å²) in [6, 6.07) is 0. The molecule has 0 bridgehead atoms. The summed E-state index contributed by atoms with van der Waals surface area (Å²) in [5.74, 6) is -0.323. The molecular formula is C10H19NO4. The molecule has 1 saturated heterocycles. The first-order valence-electron chi connectivity index (χ1n) is 5.35. The van der Waals surface area contributed by atoms with Crippen LogP contribution in [0.5, 0.6) is 0 Å². The van der Waals surface area contributed by atoms with Gasteiger partial charge in [0.25, 0.3) is 0 Å². The first-order valence-corrected chi connectivity index (χ1v) is 5.35. The Hall–Kier alpha value is -0.650. The number of hydrogen-bond acceptors (Lipinski definition) is 4. The maximum absolute atomic E-state index is 10.4. The Balaban J connectivity index is 2.17. The van der Waals surface area contributed by atoms with Gasteiger partial charge in [-0.2, -0.15) is 0 Å². The van der Waals surface area contributed by atoms with Crippen LogP contribution in [0.15, 0.2) is 0 Å². The van der Waals surface area contributed by atoms with Crippen molar-refractivity contribution in [3.05, 3.63) is 0 Å². The molecule has 0 aromatic rings. The number of carboxylic acids is 1. The van der Waals surface area contributed by atoms with Gasteiger partial charge in [0.05, 0.1) is 12.7 Å². The zero-order valence-electron chi connectivity index (χ0n) is 8.80. The highest BCUT2D eigenvalue weighted by Crippen LogP contribution is 2.20. The van der Waals surface area contributed by atoms with Crippen LogP contribution in [-0.4, -0.2) is 58.5 Å². The minimum atomic E-state index is -0.746. The molecule has 2 unspecified atom stereocenters. The Morgan fingerprint density at radius 3 is 2.87 bits per heavy atom. The topological polar surface area (TPSA) is 81.0 Å². The van der Waals surface area contributed by atoms with Gasteiger partial charge in [-0.05, 0) is 25.3 Å². The maximum atomic E-state index is 10.4. The molecule has 0 spiro atoms. The summed E-state index contributed by atoms with van der Waals surface area (Å²) in [6.07, 6.45) is 1.25. The van der Waals surface area contributed by atoms with Gasteiger partial charge in [0.1, 0.15) is 0 Å². The lowest BCUT2D eigenvalue weighted by molar-refractivity contribution is -0.137. The van der Waals surface area contributed by atoms with Gasteiger partial charge in [0.15, 0.2) is 0 Å². The molecule has 1 aliphatic rings. The summed E-state index contributed by atoms with van der Waals surface area (Å²) in [4.78, 5) is 12.5. The van der Waals surface area contributed by atoms with Crippen molar-refractivity contribution < 1.29 is 20.1 Å². The lowest BCUT2D eigenvalue weighted by Crippen LogP contribution is -2.32. The van der Waals surface area contributed by atoms with Gasteiger partial charge in [0.2, 0.25) is 0 Å². The number of aliphatic carboxylic acids is 1. The third-order valence-electron chi connectivity index (χ3n) is 2.82. The van der Waals surface area contributed by atoms with Crippen molar-refractivity contribution in [2.75, 3.05) is 26.2 Å². The van der Waals surface area contributed by atoms with Crippen molar-refractivity contribution in [2.45, 2.75) is 25.4 Å². The van der Waals surface area contributed by atoms with E-state index in [4.69, 9.17) is 10.2 Å². The number of carbonyl (C=O) groups is 1. The number of β-amino-alcohol motifs (C(OH)–C–C–N with tert-alkyl or cyclic N) is 1. The SMILES string of the molecule is O=C(O)CCC1CCN(CC(O)CO)C1. The van der Waals surface area contributed by atoms with Crippen LogP contribution in [0.2, 0.25) is 0 Å². The van der Waals surface area contributed by atoms with Crippen LogP contribution in [0.4, 0.5) is 0 Å². The van der Waals surface area contributed by atoms with Crippen molar-refractivity contribution >= 4 is 5.97 Å². The average Bonchev–Trinajstić information content (AvgIpc) is 2.62. The number of carboxylic acid groups (broad SMARTS) is 1. The van der Waals surface area contributed by atoms with E-state index in [1.807, 2.05) is 0 Å². The molecule has 0 aromatic carbocycles. The fraction of sp³-hybridized carbons (Fsp3) is 0.900. The Morgan fingerprint density at radius 2 is 2.27 bits per heavy atom. The Labute approximate surface area is 89.3 Å². The van der Waals surface area contributed by atoms with Gasteiger partial charge in [0, 0.05) is 19.5 Å². The van der Waals surface area contributed by atoms with Gasteiger partial charge in [-0.25, -0.2) is 0 Å². The summed E-state index contributed by atoms with van der Waals surface area (Å²) in [7, 11) is 0. The van der Waals surface area contributed by atoms with Gasteiger partial charge in [-0.3, -0.25) is 4.79 Å². The number of aliphatic hydroxyl groups excluding tert-OH is 2. The smallest absolute Gasteiger partial charge is 0.303 e. The van der Waals surface area contributed by atoms with Crippen LogP contribution in [0, 0.1) is 5.92 Å². The minimum Gasteiger partial charge on any atom is -0.481 e. The summed E-state index contributed by atoms with van der Waals surface area (Å²) in [5, 5.41) is 26.5. The third kappa shape index (κ3) is 4.59. The number of aliphatic hydroxyl groups is 2. The number of nitrogens with zero attached hydrogens (tertiary/aromatic N) is 1. The fourth-order valence-electron chi connectivity index (χ4n) is 2.00. The lowest BCUT2D eigenvalue weighted by Gasteiger charge is -2.18. The van der Waals surface area contributed by atoms with E-state index in [0.717, 1.165) is 19.5 Å². The summed E-state index contributed by atoms with van der Waals surface area (Å²) in [6.45, 7) is 2.00. The molecule has 3 N–H and O–H groups in total. The van der Waals surface area contributed by atoms with Gasteiger partial charge >= 0.3 is 5.97 Å². The predicted molar refractivity (Wildman–Crippen MR) is 54.5 cm³/mol. The second kappa shape index (κ2) is 6.05. The standard InChI is InChI=1S/C10H19NO4/c12-7-9(13)6-11-4-3-8(5-11)1-2-10(14)15/h8-9,12-13H,1-7H2,(H,14,15). The second-order valence-electron chi connectivity index (χ2n) is 4.18. The van der Waals surface area contributed by atoms with Crippen molar-refractivity contribution in [3.8, 4) is 0 Å². The summed E-state index contributed by atoms with van der Waals surface area (Å²) in [5.41, 5.74) is 0. The van der Waals surface area contributed by atoms with Crippen LogP contribution < -0.4 is 0 Å². The van der Waals surface area contributed by atoms with Crippen molar-refractivity contribution in [1.82, 2.24) is 4.90 Å². The molecule has 1 heterocycles. The number of likely N-dealkylation sites (tertiary alicyclic amines) is 1. The van der Waals surface area contributed by atoms with Crippen LogP contribution in [0.1, 0.15) is 19.3 Å². The van der Waals surface area contributed by atoms with E-state index in [0.29, 0.717) is 18.9 Å². The van der Waals surface area contributed by atoms with Gasteiger partial charge in [-0.15, -0.1) is 0 Å². The molecule has 2 atom stereocenters. The summed E-state index contributed by atoms with van der Waals surface area (Å²) < 4.78 is 0.